The number of ether oxygens (including phenoxy) is 1. The van der Waals surface area contributed by atoms with Crippen molar-refractivity contribution in [2.45, 2.75) is 25.5 Å². The second kappa shape index (κ2) is 8.55. The van der Waals surface area contributed by atoms with Crippen molar-refractivity contribution in [1.82, 2.24) is 20.0 Å². The van der Waals surface area contributed by atoms with Gasteiger partial charge in [-0.05, 0) is 36.6 Å². The number of aromatic amines is 1. The normalized spacial score (nSPS) is 13.0. The predicted molar refractivity (Wildman–Crippen MR) is 131 cm³/mol. The van der Waals surface area contributed by atoms with Crippen molar-refractivity contribution in [1.29, 1.82) is 0 Å². The lowest BCUT2D eigenvalue weighted by Gasteiger charge is -2.16. The van der Waals surface area contributed by atoms with Gasteiger partial charge in [-0.2, -0.15) is 10.2 Å². The summed E-state index contributed by atoms with van der Waals surface area (Å²) in [6.45, 7) is 7.84. The summed E-state index contributed by atoms with van der Waals surface area (Å²) in [7, 11) is 1.63. The average molecular weight is 489 g/mol. The molecular weight excluding hydrogens is 471 g/mol. The molecule has 1 saturated carbocycles. The molecule has 1 aliphatic rings. The van der Waals surface area contributed by atoms with Crippen LogP contribution in [0.4, 0.5) is 10.1 Å². The Labute approximate surface area is 204 Å². The van der Waals surface area contributed by atoms with E-state index < -0.39 is 11.4 Å². The molecule has 3 N–H and O–H groups in total. The first kappa shape index (κ1) is 22.6. The maximum atomic E-state index is 15.5. The largest absolute Gasteiger partial charge is 0.501 e. The van der Waals surface area contributed by atoms with Crippen LogP contribution in [-0.2, 0) is 13.6 Å². The summed E-state index contributed by atoms with van der Waals surface area (Å²) in [6, 6.07) is 4.68. The highest BCUT2D eigenvalue weighted by molar-refractivity contribution is 6.31. The van der Waals surface area contributed by atoms with Gasteiger partial charge in [0, 0.05) is 35.7 Å². The molecule has 8 nitrogen and oxygen atoms in total. The number of nitrogens with zero attached hydrogens (tertiary/aromatic N) is 4. The summed E-state index contributed by atoms with van der Waals surface area (Å²) < 4.78 is 22.8. The van der Waals surface area contributed by atoms with Crippen LogP contribution in [0.25, 0.3) is 38.0 Å². The van der Waals surface area contributed by atoms with Gasteiger partial charge in [-0.1, -0.05) is 17.5 Å². The number of nitrogens with two attached hydrogens (primary N) is 1. The quantitative estimate of drug-likeness (QED) is 0.322. The highest BCUT2D eigenvalue weighted by atomic mass is 35.5. The van der Waals surface area contributed by atoms with Gasteiger partial charge in [0.2, 0.25) is 5.69 Å². The molecule has 0 unspecified atom stereocenters. The van der Waals surface area contributed by atoms with E-state index >= 15 is 4.39 Å². The Kier molecular flexibility index (Phi) is 5.52. The molecule has 1 fully saturated rings. The minimum Gasteiger partial charge on any atom is -0.501 e. The van der Waals surface area contributed by atoms with Crippen molar-refractivity contribution in [3.05, 3.63) is 68.3 Å². The van der Waals surface area contributed by atoms with Crippen molar-refractivity contribution in [2.24, 2.45) is 12.8 Å². The lowest BCUT2D eigenvalue weighted by atomic mass is 9.94. The van der Waals surface area contributed by atoms with E-state index in [1.807, 2.05) is 0 Å². The number of aryl methyl sites for hydroxylation is 1. The number of terminal acetylenes is 1. The third-order valence-corrected chi connectivity index (χ3v) is 6.17. The summed E-state index contributed by atoms with van der Waals surface area (Å²) >= 11 is 6.23. The van der Waals surface area contributed by atoms with Crippen molar-refractivity contribution < 1.29 is 9.13 Å². The molecule has 2 aromatic carbocycles. The average Bonchev–Trinajstić information content (AvgIpc) is 3.59. The van der Waals surface area contributed by atoms with Crippen LogP contribution < -0.4 is 16.0 Å². The third kappa shape index (κ3) is 3.71. The van der Waals surface area contributed by atoms with Crippen molar-refractivity contribution in [3.8, 4) is 40.5 Å². The number of benzene rings is 2. The molecule has 5 rings (SSSR count). The second-order valence-electron chi connectivity index (χ2n) is 8.15. The van der Waals surface area contributed by atoms with Crippen LogP contribution in [0.15, 0.2) is 29.2 Å². The number of aromatic nitrogens is 4. The Bertz CT molecular complexity index is 1660. The molecule has 0 radical (unpaired) electrons. The van der Waals surface area contributed by atoms with Gasteiger partial charge in [-0.15, -0.1) is 6.42 Å². The van der Waals surface area contributed by atoms with E-state index in [1.165, 1.54) is 16.9 Å². The molecule has 10 heteroatoms. The van der Waals surface area contributed by atoms with Gasteiger partial charge in [-0.3, -0.25) is 9.48 Å². The fourth-order valence-electron chi connectivity index (χ4n) is 4.09. The van der Waals surface area contributed by atoms with Crippen LogP contribution >= 0.6 is 11.6 Å². The monoisotopic (exact) mass is 488 g/mol. The van der Waals surface area contributed by atoms with Crippen LogP contribution in [0.1, 0.15) is 24.1 Å². The molecule has 4 aromatic rings. The summed E-state index contributed by atoms with van der Waals surface area (Å²) in [4.78, 5) is 16.1. The minimum absolute atomic E-state index is 0.00220. The smallest absolute Gasteiger partial charge is 0.273 e. The minimum atomic E-state index is -0.760. The zero-order chi connectivity index (χ0) is 24.9. The van der Waals surface area contributed by atoms with Crippen molar-refractivity contribution in [3.63, 3.8) is 0 Å². The van der Waals surface area contributed by atoms with E-state index in [1.54, 1.807) is 19.2 Å². The Morgan fingerprint density at radius 1 is 1.43 bits per heavy atom. The molecule has 0 atom stereocenters. The summed E-state index contributed by atoms with van der Waals surface area (Å²) in [5, 5.41) is 11.4. The lowest BCUT2D eigenvalue weighted by molar-refractivity contribution is 0.305. The van der Waals surface area contributed by atoms with E-state index in [2.05, 4.69) is 26.1 Å². The Morgan fingerprint density at radius 3 is 2.86 bits per heavy atom. The molecule has 0 amide bonds. The number of fused-ring (bicyclic) bond motifs is 1. The fraction of sp³-hybridized carbons (Fsp3) is 0.200. The molecule has 1 aliphatic carbocycles. The zero-order valence-electron chi connectivity index (χ0n) is 18.5. The van der Waals surface area contributed by atoms with E-state index in [0.29, 0.717) is 33.5 Å². The van der Waals surface area contributed by atoms with E-state index in [-0.39, 0.29) is 40.1 Å². The van der Waals surface area contributed by atoms with Crippen molar-refractivity contribution >= 4 is 28.1 Å². The molecule has 2 aromatic heterocycles. The maximum Gasteiger partial charge on any atom is 0.273 e. The van der Waals surface area contributed by atoms with Crippen LogP contribution in [0.3, 0.4) is 0 Å². The highest BCUT2D eigenvalue weighted by Crippen LogP contribution is 2.48. The number of halogens is 2. The lowest BCUT2D eigenvalue weighted by Crippen LogP contribution is -2.14. The Morgan fingerprint density at radius 2 is 2.20 bits per heavy atom. The molecule has 0 aliphatic heterocycles. The topological polar surface area (TPSA) is 103 Å². The summed E-state index contributed by atoms with van der Waals surface area (Å²) in [5.74, 6) is 2.00. The van der Waals surface area contributed by atoms with Crippen LogP contribution in [0, 0.1) is 24.7 Å². The Hall–Kier alpha value is -4.18. The van der Waals surface area contributed by atoms with Gasteiger partial charge in [0.25, 0.3) is 5.56 Å². The van der Waals surface area contributed by atoms with Gasteiger partial charge < -0.3 is 10.5 Å². The van der Waals surface area contributed by atoms with Gasteiger partial charge in [0.1, 0.15) is 11.6 Å². The van der Waals surface area contributed by atoms with Crippen molar-refractivity contribution in [2.75, 3.05) is 0 Å². The first-order valence-corrected chi connectivity index (χ1v) is 11.1. The van der Waals surface area contributed by atoms with Gasteiger partial charge >= 0.3 is 0 Å². The zero-order valence-corrected chi connectivity index (χ0v) is 19.3. The highest BCUT2D eigenvalue weighted by Gasteiger charge is 2.30. The van der Waals surface area contributed by atoms with E-state index in [0.717, 1.165) is 12.8 Å². The van der Waals surface area contributed by atoms with E-state index in [4.69, 9.17) is 35.1 Å². The first-order valence-electron chi connectivity index (χ1n) is 10.7. The third-order valence-electron chi connectivity index (χ3n) is 5.89. The first-order chi connectivity index (χ1) is 16.9. The fourth-order valence-corrected chi connectivity index (χ4v) is 4.29. The van der Waals surface area contributed by atoms with Crippen LogP contribution in [0.2, 0.25) is 5.02 Å². The van der Waals surface area contributed by atoms with E-state index in [9.17, 15) is 4.79 Å². The SMILES string of the molecule is [C-]#[N+]c1c(OC2CC2)cc(Cl)c(F)c1-c1c(-c2cc(C#C)c3c(=O)[nH]nc(CN)c3c2)cnn1C. The van der Waals surface area contributed by atoms with Crippen LogP contribution in [-0.4, -0.2) is 26.1 Å². The summed E-state index contributed by atoms with van der Waals surface area (Å²) in [5.41, 5.74) is 7.49. The van der Waals surface area contributed by atoms with Crippen LogP contribution in [0.5, 0.6) is 5.75 Å². The molecule has 35 heavy (non-hydrogen) atoms. The standard InChI is InChI=1S/C25H18ClFN6O2/c1-4-12-7-13(8-15-18(10-28)31-32-25(34)20(12)15)16-11-30-33(3)24(16)21-22(27)17(26)9-19(23(21)29-2)35-14-5-6-14/h1,7-9,11,14H,5-6,10,28H2,3H3,(H,32,34). The molecule has 174 valence electrons. The van der Waals surface area contributed by atoms with Gasteiger partial charge in [0.05, 0.1) is 40.7 Å². The number of hydrogen-bond acceptors (Lipinski definition) is 5. The van der Waals surface area contributed by atoms with Gasteiger partial charge in [-0.25, -0.2) is 14.3 Å². The van der Waals surface area contributed by atoms with Gasteiger partial charge in [0.15, 0.2) is 0 Å². The molecule has 2 heterocycles. The summed E-state index contributed by atoms with van der Waals surface area (Å²) in [6.07, 6.45) is 8.97. The molecule has 0 saturated heterocycles. The number of hydrogen-bond donors (Lipinski definition) is 2. The second-order valence-corrected chi connectivity index (χ2v) is 8.56. The number of nitrogens with one attached hydrogen (secondary N) is 1. The predicted octanol–water partition coefficient (Wildman–Crippen LogP) is 4.32. The number of rotatable bonds is 5. The Balaban J connectivity index is 1.82. The number of H-pyrrole nitrogens is 1. The molecular formula is C25H18ClFN6O2. The molecule has 0 bridgehead atoms. The molecule has 0 spiro atoms. The maximum absolute atomic E-state index is 15.5.